The Morgan fingerprint density at radius 1 is 1.04 bits per heavy atom. The molecule has 1 aromatic rings. The molecule has 1 aliphatic carbocycles. The van der Waals surface area contributed by atoms with E-state index >= 15 is 0 Å². The van der Waals surface area contributed by atoms with Crippen LogP contribution >= 0.6 is 0 Å². The number of nitrogens with two attached hydrogens (primary N) is 1. The average Bonchev–Trinajstić information content (AvgIpc) is 2.88. The molecule has 0 aromatic heterocycles. The molecule has 0 radical (unpaired) electrons. The van der Waals surface area contributed by atoms with Crippen LogP contribution in [0, 0.1) is 0 Å². The molecule has 0 heterocycles. The van der Waals surface area contributed by atoms with Crippen LogP contribution in [0.1, 0.15) is 50.5 Å². The molecule has 1 aliphatic rings. The molecule has 6 nitrogen and oxygen atoms in total. The summed E-state index contributed by atoms with van der Waals surface area (Å²) < 4.78 is 25.3. The van der Waals surface area contributed by atoms with E-state index in [1.54, 1.807) is 0 Å². The minimum atomic E-state index is -3.76. The van der Waals surface area contributed by atoms with E-state index in [0.29, 0.717) is 19.3 Å². The van der Waals surface area contributed by atoms with Gasteiger partial charge in [0.2, 0.25) is 0 Å². The van der Waals surface area contributed by atoms with E-state index in [1.165, 1.54) is 5.56 Å². The quantitative estimate of drug-likeness (QED) is 0.516. The minimum Gasteiger partial charge on any atom is -0.366 e. The lowest BCUT2D eigenvalue weighted by Crippen LogP contribution is -2.21. The van der Waals surface area contributed by atoms with Crippen LogP contribution in [0.4, 0.5) is 0 Å². The fourth-order valence-corrected chi connectivity index (χ4v) is 2.72. The van der Waals surface area contributed by atoms with Gasteiger partial charge in [-0.3, -0.25) is 4.18 Å². The van der Waals surface area contributed by atoms with E-state index in [-0.39, 0.29) is 6.61 Å². The molecule has 4 N–H and O–H groups in total. The summed E-state index contributed by atoms with van der Waals surface area (Å²) in [6, 6.07) is 10.2. The Hall–Kier alpha value is -0.990. The van der Waals surface area contributed by atoms with Gasteiger partial charge in [0.1, 0.15) is 0 Å². The van der Waals surface area contributed by atoms with Crippen LogP contribution < -0.4 is 5.14 Å². The van der Waals surface area contributed by atoms with Crippen LogP contribution in [0.5, 0.6) is 0 Å². The van der Waals surface area contributed by atoms with Crippen molar-refractivity contribution >= 4 is 10.3 Å². The highest BCUT2D eigenvalue weighted by molar-refractivity contribution is 7.84. The maximum atomic E-state index is 10.4. The molecule has 1 saturated carbocycles. The van der Waals surface area contributed by atoms with E-state index in [2.05, 4.69) is 16.3 Å². The minimum absolute atomic E-state index is 0.174. The summed E-state index contributed by atoms with van der Waals surface area (Å²) >= 11 is 0. The molecule has 0 unspecified atom stereocenters. The molecule has 0 saturated heterocycles. The maximum absolute atomic E-state index is 10.4. The van der Waals surface area contributed by atoms with E-state index < -0.39 is 16.1 Å². The first-order valence-electron chi connectivity index (χ1n) is 7.94. The molecule has 0 bridgehead atoms. The first-order valence-corrected chi connectivity index (χ1v) is 9.41. The molecule has 0 spiro atoms. The highest BCUT2D eigenvalue weighted by Crippen LogP contribution is 2.25. The van der Waals surface area contributed by atoms with E-state index in [9.17, 15) is 8.42 Å². The molecule has 2 rings (SSSR count). The maximum Gasteiger partial charge on any atom is 0.333 e. The van der Waals surface area contributed by atoms with Gasteiger partial charge in [0.25, 0.3) is 0 Å². The standard InChI is InChI=1S/C11H17NO3S.C5H10O2/c12-16(13,14)15-10-6-2-5-9-11-7-3-1-4-8-11;6-5(7)3-1-2-4-5/h1,3-4,7-8H,2,5-6,9-10H2,(H2,12,13,14);6-7H,1-4H2. The molecule has 0 atom stereocenters. The zero-order valence-corrected chi connectivity index (χ0v) is 14.2. The molecule has 132 valence electrons. The van der Waals surface area contributed by atoms with Gasteiger partial charge >= 0.3 is 10.3 Å². The van der Waals surface area contributed by atoms with Crippen molar-refractivity contribution in [2.24, 2.45) is 5.14 Å². The first kappa shape index (κ1) is 20.1. The Bertz CT molecular complexity index is 523. The average molecular weight is 345 g/mol. The summed E-state index contributed by atoms with van der Waals surface area (Å²) in [5.74, 6) is -1.31. The normalized spacial score (nSPS) is 16.7. The van der Waals surface area contributed by atoms with E-state index in [4.69, 9.17) is 15.4 Å². The van der Waals surface area contributed by atoms with Gasteiger partial charge in [0, 0.05) is 12.8 Å². The molecule has 1 fully saturated rings. The van der Waals surface area contributed by atoms with Crippen LogP contribution in [0.2, 0.25) is 0 Å². The smallest absolute Gasteiger partial charge is 0.333 e. The molecule has 1 aromatic carbocycles. The Morgan fingerprint density at radius 2 is 1.65 bits per heavy atom. The Balaban J connectivity index is 0.000000313. The number of aliphatic hydroxyl groups is 2. The van der Waals surface area contributed by atoms with Crippen molar-refractivity contribution in [3.63, 3.8) is 0 Å². The highest BCUT2D eigenvalue weighted by atomic mass is 32.2. The second-order valence-corrected chi connectivity index (χ2v) is 7.02. The SMILES string of the molecule is NS(=O)(=O)OCCCCCc1ccccc1.OC1(O)CCCC1. The third-order valence-corrected chi connectivity index (χ3v) is 4.10. The third kappa shape index (κ3) is 11.2. The summed E-state index contributed by atoms with van der Waals surface area (Å²) in [5.41, 5.74) is 1.30. The van der Waals surface area contributed by atoms with Crippen molar-refractivity contribution in [3.05, 3.63) is 35.9 Å². The van der Waals surface area contributed by atoms with Crippen molar-refractivity contribution in [2.75, 3.05) is 6.61 Å². The summed E-state index contributed by atoms with van der Waals surface area (Å²) in [4.78, 5) is 0. The molecule has 0 aliphatic heterocycles. The third-order valence-electron chi connectivity index (χ3n) is 3.60. The van der Waals surface area contributed by atoms with Crippen molar-refractivity contribution in [2.45, 2.75) is 57.2 Å². The molecular formula is C16H27NO5S. The van der Waals surface area contributed by atoms with Gasteiger partial charge in [-0.15, -0.1) is 0 Å². The fraction of sp³-hybridized carbons (Fsp3) is 0.625. The van der Waals surface area contributed by atoms with Crippen LogP contribution in [-0.4, -0.2) is 31.0 Å². The Morgan fingerprint density at radius 3 is 2.13 bits per heavy atom. The van der Waals surface area contributed by atoms with Crippen LogP contribution in [0.25, 0.3) is 0 Å². The summed E-state index contributed by atoms with van der Waals surface area (Å²) in [7, 11) is -3.76. The van der Waals surface area contributed by atoms with Gasteiger partial charge in [-0.05, 0) is 37.7 Å². The van der Waals surface area contributed by atoms with Gasteiger partial charge in [0.15, 0.2) is 5.79 Å². The van der Waals surface area contributed by atoms with Gasteiger partial charge in [-0.25, -0.2) is 5.14 Å². The fourth-order valence-electron chi connectivity index (χ4n) is 2.37. The molecule has 23 heavy (non-hydrogen) atoms. The van der Waals surface area contributed by atoms with E-state index in [1.807, 2.05) is 18.2 Å². The number of rotatable bonds is 7. The molecule has 7 heteroatoms. The largest absolute Gasteiger partial charge is 0.366 e. The lowest BCUT2D eigenvalue weighted by molar-refractivity contribution is -0.152. The van der Waals surface area contributed by atoms with Crippen LogP contribution in [0.3, 0.4) is 0 Å². The zero-order valence-electron chi connectivity index (χ0n) is 13.4. The predicted octanol–water partition coefficient (Wildman–Crippen LogP) is 1.86. The number of unbranched alkanes of at least 4 members (excludes halogenated alkanes) is 2. The topological polar surface area (TPSA) is 110 Å². The van der Waals surface area contributed by atoms with Crippen molar-refractivity contribution in [3.8, 4) is 0 Å². The van der Waals surface area contributed by atoms with Crippen LogP contribution in [0.15, 0.2) is 30.3 Å². The van der Waals surface area contributed by atoms with E-state index in [0.717, 1.165) is 32.1 Å². The lowest BCUT2D eigenvalue weighted by Gasteiger charge is -2.11. The number of benzene rings is 1. The van der Waals surface area contributed by atoms with Gasteiger partial charge in [-0.1, -0.05) is 36.8 Å². The van der Waals surface area contributed by atoms with Gasteiger partial charge in [-0.2, -0.15) is 8.42 Å². The predicted molar refractivity (Wildman–Crippen MR) is 88.7 cm³/mol. The Labute approximate surface area is 138 Å². The van der Waals surface area contributed by atoms with Gasteiger partial charge < -0.3 is 10.2 Å². The monoisotopic (exact) mass is 345 g/mol. The summed E-state index contributed by atoms with van der Waals surface area (Å²) in [6.45, 7) is 0.174. The molecule has 0 amide bonds. The van der Waals surface area contributed by atoms with Crippen molar-refractivity contribution < 1.29 is 22.8 Å². The van der Waals surface area contributed by atoms with Crippen molar-refractivity contribution in [1.82, 2.24) is 0 Å². The number of hydrogen-bond acceptors (Lipinski definition) is 5. The first-order chi connectivity index (χ1) is 10.8. The zero-order chi connectivity index (χ0) is 17.2. The van der Waals surface area contributed by atoms with Crippen LogP contribution in [-0.2, 0) is 20.9 Å². The number of hydrogen-bond donors (Lipinski definition) is 3. The van der Waals surface area contributed by atoms with Gasteiger partial charge in [0.05, 0.1) is 6.61 Å². The highest BCUT2D eigenvalue weighted by Gasteiger charge is 2.26. The van der Waals surface area contributed by atoms with Crippen molar-refractivity contribution in [1.29, 1.82) is 0 Å². The summed E-state index contributed by atoms with van der Waals surface area (Å²) in [5, 5.41) is 22.2. The molecular weight excluding hydrogens is 318 g/mol. The lowest BCUT2D eigenvalue weighted by atomic mass is 10.1. The second kappa shape index (κ2) is 10.00. The number of aryl methyl sites for hydroxylation is 1. The summed E-state index contributed by atoms with van der Waals surface area (Å²) in [6.07, 6.45) is 6.74. The Kier molecular flexibility index (Phi) is 8.72. The second-order valence-electron chi connectivity index (χ2n) is 5.80.